The minimum absolute atomic E-state index is 0.364. The van der Waals surface area contributed by atoms with E-state index in [0.29, 0.717) is 6.04 Å². The van der Waals surface area contributed by atoms with Crippen molar-refractivity contribution in [3.05, 3.63) is 47.7 Å². The molecule has 1 unspecified atom stereocenters. The zero-order valence-corrected chi connectivity index (χ0v) is 17.6. The molecule has 1 fully saturated rings. The van der Waals surface area contributed by atoms with Crippen LogP contribution in [0.25, 0.3) is 0 Å². The van der Waals surface area contributed by atoms with Gasteiger partial charge in [-0.05, 0) is 37.9 Å². The van der Waals surface area contributed by atoms with E-state index in [2.05, 4.69) is 48.8 Å². The molecule has 2 aliphatic rings. The summed E-state index contributed by atoms with van der Waals surface area (Å²) in [5.74, 6) is 1.04. The van der Waals surface area contributed by atoms with Crippen LogP contribution in [0.2, 0.25) is 0 Å². The van der Waals surface area contributed by atoms with Gasteiger partial charge in [0.1, 0.15) is 12.1 Å². The molecule has 0 amide bonds. The highest BCUT2D eigenvalue weighted by Crippen LogP contribution is 2.32. The summed E-state index contributed by atoms with van der Waals surface area (Å²) in [6.45, 7) is 6.69. The number of hydrogen-bond donors (Lipinski definition) is 0. The summed E-state index contributed by atoms with van der Waals surface area (Å²) in [6, 6.07) is 6.79. The maximum absolute atomic E-state index is 5.20. The first-order valence-electron chi connectivity index (χ1n) is 10.7. The highest BCUT2D eigenvalue weighted by molar-refractivity contribution is 5.39. The minimum atomic E-state index is 0.364. The standard InChI is InChI=1S/C22H32N6O/c1-26(20-7-3-5-18-6-4-8-23-22(18)20)16-19-15-21(25-17-24-19)28-11-9-27(10-12-28)13-14-29-2/h4,6,8,15,17,20H,3,5,7,9-14,16H2,1-2H3. The average molecular weight is 397 g/mol. The number of anilines is 1. The summed E-state index contributed by atoms with van der Waals surface area (Å²) in [5, 5.41) is 0. The van der Waals surface area contributed by atoms with Gasteiger partial charge in [0.05, 0.1) is 24.0 Å². The van der Waals surface area contributed by atoms with Crippen molar-refractivity contribution >= 4 is 5.82 Å². The van der Waals surface area contributed by atoms with Gasteiger partial charge in [-0.3, -0.25) is 14.8 Å². The lowest BCUT2D eigenvalue weighted by atomic mass is 9.91. The first kappa shape index (κ1) is 20.2. The molecule has 2 aromatic rings. The molecule has 4 rings (SSSR count). The van der Waals surface area contributed by atoms with E-state index in [1.54, 1.807) is 13.4 Å². The lowest BCUT2D eigenvalue weighted by molar-refractivity contribution is 0.144. The maximum atomic E-state index is 5.20. The fraction of sp³-hybridized carbons (Fsp3) is 0.591. The SMILES string of the molecule is COCCN1CCN(c2cc(CN(C)C3CCCc4cccnc43)ncn2)CC1. The second-order valence-electron chi connectivity index (χ2n) is 8.06. The fourth-order valence-electron chi connectivity index (χ4n) is 4.45. The van der Waals surface area contributed by atoms with Gasteiger partial charge in [-0.2, -0.15) is 0 Å². The highest BCUT2D eigenvalue weighted by atomic mass is 16.5. The molecular formula is C22H32N6O. The third kappa shape index (κ3) is 4.91. The number of rotatable bonds is 7. The van der Waals surface area contributed by atoms with Crippen LogP contribution in [0.5, 0.6) is 0 Å². The van der Waals surface area contributed by atoms with E-state index in [1.165, 1.54) is 17.7 Å². The lowest BCUT2D eigenvalue weighted by Crippen LogP contribution is -2.47. The Kier molecular flexibility index (Phi) is 6.69. The van der Waals surface area contributed by atoms with Gasteiger partial charge in [0.15, 0.2) is 0 Å². The molecule has 1 aliphatic carbocycles. The number of aryl methyl sites for hydroxylation is 1. The Balaban J connectivity index is 1.38. The van der Waals surface area contributed by atoms with E-state index in [9.17, 15) is 0 Å². The normalized spacial score (nSPS) is 20.1. The fourth-order valence-corrected chi connectivity index (χ4v) is 4.45. The largest absolute Gasteiger partial charge is 0.383 e. The van der Waals surface area contributed by atoms with Crippen LogP contribution in [0.4, 0.5) is 5.82 Å². The van der Waals surface area contributed by atoms with Crippen molar-refractivity contribution in [1.29, 1.82) is 0 Å². The predicted molar refractivity (Wildman–Crippen MR) is 114 cm³/mol. The number of pyridine rings is 1. The van der Waals surface area contributed by atoms with Gasteiger partial charge in [-0.25, -0.2) is 9.97 Å². The average Bonchev–Trinajstić information content (AvgIpc) is 2.78. The summed E-state index contributed by atoms with van der Waals surface area (Å²) in [4.78, 5) is 21.0. The van der Waals surface area contributed by atoms with Crippen molar-refractivity contribution in [3.63, 3.8) is 0 Å². The van der Waals surface area contributed by atoms with E-state index in [4.69, 9.17) is 4.74 Å². The number of methoxy groups -OCH3 is 1. The van der Waals surface area contributed by atoms with Crippen LogP contribution in [0, 0.1) is 0 Å². The van der Waals surface area contributed by atoms with Crippen molar-refractivity contribution in [2.75, 3.05) is 58.4 Å². The van der Waals surface area contributed by atoms with Crippen molar-refractivity contribution in [2.45, 2.75) is 31.8 Å². The number of aromatic nitrogens is 3. The summed E-state index contributed by atoms with van der Waals surface area (Å²) >= 11 is 0. The molecule has 0 saturated carbocycles. The second kappa shape index (κ2) is 9.61. The highest BCUT2D eigenvalue weighted by Gasteiger charge is 2.25. The molecule has 0 spiro atoms. The molecule has 7 nitrogen and oxygen atoms in total. The van der Waals surface area contributed by atoms with Crippen LogP contribution in [-0.2, 0) is 17.7 Å². The van der Waals surface area contributed by atoms with E-state index < -0.39 is 0 Å². The van der Waals surface area contributed by atoms with Gasteiger partial charge in [-0.1, -0.05) is 6.07 Å². The van der Waals surface area contributed by atoms with Gasteiger partial charge in [0.25, 0.3) is 0 Å². The first-order valence-corrected chi connectivity index (χ1v) is 10.7. The molecule has 0 radical (unpaired) electrons. The van der Waals surface area contributed by atoms with Crippen LogP contribution in [0.3, 0.4) is 0 Å². The molecule has 0 aromatic carbocycles. The molecule has 156 valence electrons. The van der Waals surface area contributed by atoms with Crippen molar-refractivity contribution in [3.8, 4) is 0 Å². The zero-order chi connectivity index (χ0) is 20.1. The van der Waals surface area contributed by atoms with Crippen LogP contribution >= 0.6 is 0 Å². The summed E-state index contributed by atoms with van der Waals surface area (Å²) in [6.07, 6.45) is 7.14. The van der Waals surface area contributed by atoms with E-state index in [1.807, 2.05) is 12.3 Å². The van der Waals surface area contributed by atoms with E-state index >= 15 is 0 Å². The Labute approximate surface area is 173 Å². The molecule has 1 saturated heterocycles. The number of fused-ring (bicyclic) bond motifs is 1. The monoisotopic (exact) mass is 396 g/mol. The van der Waals surface area contributed by atoms with Crippen molar-refractivity contribution in [2.24, 2.45) is 0 Å². The van der Waals surface area contributed by atoms with Crippen molar-refractivity contribution in [1.82, 2.24) is 24.8 Å². The van der Waals surface area contributed by atoms with Crippen LogP contribution in [0.15, 0.2) is 30.7 Å². The summed E-state index contributed by atoms with van der Waals surface area (Å²) in [5.41, 5.74) is 3.70. The number of nitrogens with zero attached hydrogens (tertiary/aromatic N) is 6. The lowest BCUT2D eigenvalue weighted by Gasteiger charge is -2.35. The Hall–Kier alpha value is -2.09. The molecular weight excluding hydrogens is 364 g/mol. The van der Waals surface area contributed by atoms with Gasteiger partial charge in [0.2, 0.25) is 0 Å². The van der Waals surface area contributed by atoms with Gasteiger partial charge in [-0.15, -0.1) is 0 Å². The van der Waals surface area contributed by atoms with Crippen LogP contribution in [-0.4, -0.2) is 78.2 Å². The number of hydrogen-bond acceptors (Lipinski definition) is 7. The molecule has 2 aromatic heterocycles. The molecule has 3 heterocycles. The molecule has 0 bridgehead atoms. The van der Waals surface area contributed by atoms with Crippen LogP contribution in [0.1, 0.15) is 35.8 Å². The van der Waals surface area contributed by atoms with Gasteiger partial charge in [0, 0.05) is 58.6 Å². The molecule has 0 N–H and O–H groups in total. The summed E-state index contributed by atoms with van der Waals surface area (Å²) < 4.78 is 5.20. The molecule has 1 aliphatic heterocycles. The number of piperazine rings is 1. The maximum Gasteiger partial charge on any atom is 0.132 e. The minimum Gasteiger partial charge on any atom is -0.383 e. The predicted octanol–water partition coefficient (Wildman–Crippen LogP) is 2.15. The molecule has 1 atom stereocenters. The van der Waals surface area contributed by atoms with Gasteiger partial charge < -0.3 is 9.64 Å². The Morgan fingerprint density at radius 2 is 2.03 bits per heavy atom. The molecule has 29 heavy (non-hydrogen) atoms. The van der Waals surface area contributed by atoms with E-state index in [-0.39, 0.29) is 0 Å². The Morgan fingerprint density at radius 3 is 2.86 bits per heavy atom. The van der Waals surface area contributed by atoms with Crippen molar-refractivity contribution < 1.29 is 4.74 Å². The quantitative estimate of drug-likeness (QED) is 0.711. The molecule has 7 heteroatoms. The smallest absolute Gasteiger partial charge is 0.132 e. The van der Waals surface area contributed by atoms with Crippen LogP contribution < -0.4 is 4.90 Å². The van der Waals surface area contributed by atoms with E-state index in [0.717, 1.165) is 70.2 Å². The summed E-state index contributed by atoms with van der Waals surface area (Å²) in [7, 11) is 3.95. The second-order valence-corrected chi connectivity index (χ2v) is 8.06. The Bertz CT molecular complexity index is 792. The first-order chi connectivity index (χ1) is 14.2. The number of ether oxygens (including phenoxy) is 1. The Morgan fingerprint density at radius 1 is 1.17 bits per heavy atom. The zero-order valence-electron chi connectivity index (χ0n) is 17.6. The third-order valence-corrected chi connectivity index (χ3v) is 6.13. The topological polar surface area (TPSA) is 57.6 Å². The van der Waals surface area contributed by atoms with Gasteiger partial charge >= 0.3 is 0 Å². The third-order valence-electron chi connectivity index (χ3n) is 6.13.